The highest BCUT2D eigenvalue weighted by Gasteiger charge is 2.35. The maximum absolute atomic E-state index is 13.4. The minimum atomic E-state index is -3.98. The van der Waals surface area contributed by atoms with Crippen LogP contribution in [0.3, 0.4) is 0 Å². The summed E-state index contributed by atoms with van der Waals surface area (Å²) in [6.45, 7) is 3.23. The van der Waals surface area contributed by atoms with Gasteiger partial charge >= 0.3 is 19.4 Å². The van der Waals surface area contributed by atoms with Crippen LogP contribution in [0.25, 0.3) is 0 Å². The minimum Gasteiger partial charge on any atom is -0.465 e. The molecule has 1 aromatic carbocycles. The van der Waals surface area contributed by atoms with Crippen LogP contribution in [0.4, 0.5) is 0 Å². The fourth-order valence-corrected chi connectivity index (χ4v) is 4.64. The zero-order valence-corrected chi connectivity index (χ0v) is 18.7. The van der Waals surface area contributed by atoms with Crippen molar-refractivity contribution in [1.29, 1.82) is 0 Å². The molecule has 1 fully saturated rings. The molecule has 0 aliphatic carbocycles. The number of esters is 1. The first-order chi connectivity index (χ1) is 15.3. The lowest BCUT2D eigenvalue weighted by Gasteiger charge is -2.24. The van der Waals surface area contributed by atoms with Crippen LogP contribution in [0.1, 0.15) is 32.9 Å². The van der Waals surface area contributed by atoms with Crippen molar-refractivity contribution in [2.75, 3.05) is 13.2 Å². The summed E-state index contributed by atoms with van der Waals surface area (Å²) in [4.78, 5) is 37.4. The van der Waals surface area contributed by atoms with E-state index in [-0.39, 0.29) is 13.2 Å². The van der Waals surface area contributed by atoms with Crippen LogP contribution in [0.2, 0.25) is 0 Å². The number of hydrogen-bond donors (Lipinski definition) is 2. The Kier molecular flexibility index (Phi) is 8.03. The Morgan fingerprint density at radius 3 is 2.72 bits per heavy atom. The van der Waals surface area contributed by atoms with E-state index in [1.807, 2.05) is 0 Å². The first-order valence-electron chi connectivity index (χ1n) is 10.2. The van der Waals surface area contributed by atoms with Gasteiger partial charge in [-0.1, -0.05) is 18.2 Å². The number of aromatic amines is 1. The van der Waals surface area contributed by atoms with E-state index in [1.54, 1.807) is 37.3 Å². The summed E-state index contributed by atoms with van der Waals surface area (Å²) in [7, 11) is -3.98. The number of carbonyl (C=O) groups excluding carboxylic acids is 1. The van der Waals surface area contributed by atoms with Gasteiger partial charge in [0.05, 0.1) is 19.3 Å². The third-order valence-corrected chi connectivity index (χ3v) is 6.28. The first-order valence-corrected chi connectivity index (χ1v) is 11.7. The zero-order chi connectivity index (χ0) is 23.1. The Labute approximate surface area is 184 Å². The van der Waals surface area contributed by atoms with Gasteiger partial charge in [-0.2, -0.15) is 5.09 Å². The minimum absolute atomic E-state index is 0.110. The number of para-hydroxylation sites is 1. The van der Waals surface area contributed by atoms with Gasteiger partial charge in [-0.25, -0.2) is 9.36 Å². The van der Waals surface area contributed by atoms with Crippen LogP contribution in [0, 0.1) is 0 Å². The van der Waals surface area contributed by atoms with Gasteiger partial charge in [0, 0.05) is 12.3 Å². The highest BCUT2D eigenvalue weighted by atomic mass is 31.2. The summed E-state index contributed by atoms with van der Waals surface area (Å²) in [5.74, 6) is -0.299. The number of rotatable bonds is 10. The Bertz CT molecular complexity index is 1070. The number of hydrogen-bond acceptors (Lipinski definition) is 8. The summed E-state index contributed by atoms with van der Waals surface area (Å²) < 4.78 is 36.6. The van der Waals surface area contributed by atoms with E-state index in [1.165, 1.54) is 23.8 Å². The third-order valence-electron chi connectivity index (χ3n) is 4.64. The van der Waals surface area contributed by atoms with E-state index in [0.717, 1.165) is 0 Å². The van der Waals surface area contributed by atoms with Crippen LogP contribution >= 0.6 is 7.75 Å². The van der Waals surface area contributed by atoms with Crippen molar-refractivity contribution in [3.8, 4) is 5.75 Å². The van der Waals surface area contributed by atoms with Gasteiger partial charge in [0.15, 0.2) is 0 Å². The molecule has 0 saturated carbocycles. The van der Waals surface area contributed by atoms with E-state index >= 15 is 0 Å². The van der Waals surface area contributed by atoms with E-state index < -0.39 is 43.3 Å². The topological polar surface area (TPSA) is 138 Å². The molecule has 174 valence electrons. The second kappa shape index (κ2) is 10.7. The molecule has 0 spiro atoms. The Hall–Kier alpha value is -2.72. The molecule has 32 heavy (non-hydrogen) atoms. The molecule has 2 aromatic rings. The van der Waals surface area contributed by atoms with Crippen LogP contribution in [0.15, 0.2) is 52.2 Å². The molecule has 0 radical (unpaired) electrons. The zero-order valence-electron chi connectivity index (χ0n) is 17.8. The molecule has 2 N–H and O–H groups in total. The molecule has 2 heterocycles. The van der Waals surface area contributed by atoms with Crippen LogP contribution < -0.4 is 20.9 Å². The summed E-state index contributed by atoms with van der Waals surface area (Å²) >= 11 is 0. The van der Waals surface area contributed by atoms with Gasteiger partial charge in [0.25, 0.3) is 5.56 Å². The second-order valence-electron chi connectivity index (χ2n) is 7.11. The molecule has 1 saturated heterocycles. The normalized spacial score (nSPS) is 20.9. The molecular weight excluding hydrogens is 441 g/mol. The number of nitrogens with zero attached hydrogens (tertiary/aromatic N) is 1. The van der Waals surface area contributed by atoms with Crippen LogP contribution in [-0.4, -0.2) is 40.9 Å². The van der Waals surface area contributed by atoms with Gasteiger partial charge in [0.2, 0.25) is 0 Å². The van der Waals surface area contributed by atoms with E-state index in [2.05, 4.69) is 10.1 Å². The van der Waals surface area contributed by atoms with Crippen molar-refractivity contribution in [1.82, 2.24) is 14.6 Å². The van der Waals surface area contributed by atoms with E-state index in [9.17, 15) is 18.9 Å². The van der Waals surface area contributed by atoms with Crippen molar-refractivity contribution >= 4 is 13.7 Å². The van der Waals surface area contributed by atoms with E-state index in [0.29, 0.717) is 18.6 Å². The predicted octanol–water partition coefficient (Wildman–Crippen LogP) is 1.96. The molecule has 4 atom stereocenters. The molecular formula is C20H26N3O8P. The first kappa shape index (κ1) is 23.9. The SMILES string of the molecule is CCOC(=O)[C@@H](C)NP(=O)(OC[C@@H]1CC[C@H](n2ccc(=O)[nH]c2=O)O1)Oc1ccccc1. The second-order valence-corrected chi connectivity index (χ2v) is 8.80. The van der Waals surface area contributed by atoms with Crippen molar-refractivity contribution in [2.45, 2.75) is 45.1 Å². The standard InChI is InChI=1S/C20H26N3O8P/c1-3-28-19(25)14(2)22-32(27,31-15-7-5-4-6-8-15)29-13-16-9-10-18(30-16)23-12-11-17(24)21-20(23)26/h4-8,11-12,14,16,18H,3,9-10,13H2,1-2H3,(H,22,27)(H,21,24,26)/t14-,16+,18-,32?/m1/s1. The molecule has 1 aromatic heterocycles. The molecule has 3 rings (SSSR count). The molecule has 1 aliphatic rings. The monoisotopic (exact) mass is 467 g/mol. The molecule has 11 nitrogen and oxygen atoms in total. The summed E-state index contributed by atoms with van der Waals surface area (Å²) in [6, 6.07) is 8.70. The highest BCUT2D eigenvalue weighted by Crippen LogP contribution is 2.45. The van der Waals surface area contributed by atoms with E-state index in [4.69, 9.17) is 18.5 Å². The van der Waals surface area contributed by atoms with Gasteiger partial charge in [0.1, 0.15) is 18.0 Å². The van der Waals surface area contributed by atoms with Crippen molar-refractivity contribution in [2.24, 2.45) is 0 Å². The lowest BCUT2D eigenvalue weighted by Crippen LogP contribution is -2.35. The third kappa shape index (κ3) is 6.39. The summed E-state index contributed by atoms with van der Waals surface area (Å²) in [5.41, 5.74) is -1.07. The average Bonchev–Trinajstić information content (AvgIpc) is 3.22. The Morgan fingerprint density at radius 2 is 2.03 bits per heavy atom. The van der Waals surface area contributed by atoms with Gasteiger partial charge in [-0.15, -0.1) is 0 Å². The molecule has 1 unspecified atom stereocenters. The average molecular weight is 467 g/mol. The van der Waals surface area contributed by atoms with Crippen molar-refractivity contribution in [3.05, 3.63) is 63.4 Å². The number of benzene rings is 1. The van der Waals surface area contributed by atoms with Gasteiger partial charge in [-0.3, -0.25) is 23.7 Å². The van der Waals surface area contributed by atoms with Crippen LogP contribution in [0.5, 0.6) is 5.75 Å². The number of H-pyrrole nitrogens is 1. The highest BCUT2D eigenvalue weighted by molar-refractivity contribution is 7.52. The molecule has 12 heteroatoms. The van der Waals surface area contributed by atoms with Gasteiger partial charge < -0.3 is 14.0 Å². The number of carbonyl (C=O) groups is 1. The predicted molar refractivity (Wildman–Crippen MR) is 114 cm³/mol. The van der Waals surface area contributed by atoms with Gasteiger partial charge in [-0.05, 0) is 38.8 Å². The fraction of sp³-hybridized carbons (Fsp3) is 0.450. The molecule has 0 amide bonds. The lowest BCUT2D eigenvalue weighted by atomic mass is 10.2. The number of aromatic nitrogens is 2. The summed E-state index contributed by atoms with van der Waals surface area (Å²) in [5, 5.41) is 2.59. The smallest absolute Gasteiger partial charge is 0.459 e. The van der Waals surface area contributed by atoms with Crippen molar-refractivity contribution in [3.63, 3.8) is 0 Å². The maximum Gasteiger partial charge on any atom is 0.459 e. The van der Waals surface area contributed by atoms with Crippen LogP contribution in [-0.2, 0) is 23.4 Å². The largest absolute Gasteiger partial charge is 0.465 e. The Balaban J connectivity index is 1.66. The number of ether oxygens (including phenoxy) is 2. The number of nitrogens with one attached hydrogen (secondary N) is 2. The molecule has 1 aliphatic heterocycles. The fourth-order valence-electron chi connectivity index (χ4n) is 3.12. The molecule has 0 bridgehead atoms. The Morgan fingerprint density at radius 1 is 1.28 bits per heavy atom. The quantitative estimate of drug-likeness (QED) is 0.397. The lowest BCUT2D eigenvalue weighted by molar-refractivity contribution is -0.144. The maximum atomic E-state index is 13.4. The summed E-state index contributed by atoms with van der Waals surface area (Å²) in [6.07, 6.45) is 1.31. The van der Waals surface area contributed by atoms with Crippen molar-refractivity contribution < 1.29 is 27.9 Å².